The van der Waals surface area contributed by atoms with Gasteiger partial charge in [0.05, 0.1) is 6.61 Å². The van der Waals surface area contributed by atoms with E-state index in [9.17, 15) is 14.7 Å². The fourth-order valence-corrected chi connectivity index (χ4v) is 5.75. The topological polar surface area (TPSA) is 72.8 Å². The predicted molar refractivity (Wildman–Crippen MR) is 205 cm³/mol. The molecule has 0 bridgehead atoms. The van der Waals surface area contributed by atoms with Crippen molar-refractivity contribution in [2.45, 2.75) is 213 Å². The van der Waals surface area contributed by atoms with Crippen LogP contribution in [0.4, 0.5) is 0 Å². The lowest BCUT2D eigenvalue weighted by atomic mass is 10.1. The van der Waals surface area contributed by atoms with Gasteiger partial charge < -0.3 is 14.6 Å². The largest absolute Gasteiger partial charge is 0.462 e. The van der Waals surface area contributed by atoms with E-state index in [1.807, 2.05) is 0 Å². The molecule has 0 rings (SSSR count). The van der Waals surface area contributed by atoms with Crippen LogP contribution in [0.1, 0.15) is 206 Å². The van der Waals surface area contributed by atoms with Crippen LogP contribution in [0.3, 0.4) is 0 Å². The first-order valence-corrected chi connectivity index (χ1v) is 20.5. The summed E-state index contributed by atoms with van der Waals surface area (Å²) in [5.41, 5.74) is 0. The van der Waals surface area contributed by atoms with Crippen molar-refractivity contribution < 1.29 is 24.2 Å². The van der Waals surface area contributed by atoms with Crippen LogP contribution < -0.4 is 0 Å². The van der Waals surface area contributed by atoms with Crippen LogP contribution in [0.5, 0.6) is 0 Å². The standard InChI is InChI=1S/C43H78O5/c1-3-5-7-9-11-13-15-17-19-21-23-25-27-29-31-33-35-37-42(45)47-40-41(39-44)48-43(46)38-36-34-32-30-28-26-24-22-20-18-16-14-12-10-8-6-4-2/h11,13,17-20,41,44H,3-10,12,14-16,21-40H2,1-2H3/t41-/m0/s1. The van der Waals surface area contributed by atoms with Gasteiger partial charge in [-0.05, 0) is 70.6 Å². The summed E-state index contributed by atoms with van der Waals surface area (Å²) in [6.45, 7) is 4.10. The van der Waals surface area contributed by atoms with E-state index >= 15 is 0 Å². The van der Waals surface area contributed by atoms with Gasteiger partial charge in [-0.1, -0.05) is 159 Å². The number of hydrogen-bond acceptors (Lipinski definition) is 5. The van der Waals surface area contributed by atoms with E-state index in [1.165, 1.54) is 128 Å². The van der Waals surface area contributed by atoms with Crippen molar-refractivity contribution in [1.82, 2.24) is 0 Å². The summed E-state index contributed by atoms with van der Waals surface area (Å²) in [6.07, 6.45) is 47.7. The Morgan fingerprint density at radius 1 is 0.479 bits per heavy atom. The van der Waals surface area contributed by atoms with Crippen molar-refractivity contribution >= 4 is 11.9 Å². The number of aliphatic hydroxyl groups is 1. The van der Waals surface area contributed by atoms with E-state index in [4.69, 9.17) is 9.47 Å². The maximum atomic E-state index is 12.2. The number of unbranched alkanes of at least 4 members (excludes halogenated alkanes) is 23. The van der Waals surface area contributed by atoms with E-state index in [0.717, 1.165) is 51.4 Å². The Morgan fingerprint density at radius 3 is 1.29 bits per heavy atom. The smallest absolute Gasteiger partial charge is 0.306 e. The molecule has 0 aliphatic rings. The summed E-state index contributed by atoms with van der Waals surface area (Å²) in [5, 5.41) is 9.56. The molecule has 0 radical (unpaired) electrons. The van der Waals surface area contributed by atoms with Crippen LogP contribution in [-0.2, 0) is 19.1 Å². The van der Waals surface area contributed by atoms with Gasteiger partial charge in [-0.3, -0.25) is 9.59 Å². The molecule has 0 aromatic heterocycles. The first kappa shape index (κ1) is 46.1. The predicted octanol–water partition coefficient (Wildman–Crippen LogP) is 12.8. The zero-order chi connectivity index (χ0) is 35.0. The van der Waals surface area contributed by atoms with Crippen molar-refractivity contribution in [2.24, 2.45) is 0 Å². The molecule has 0 spiro atoms. The van der Waals surface area contributed by atoms with Crippen molar-refractivity contribution in [2.75, 3.05) is 13.2 Å². The van der Waals surface area contributed by atoms with Gasteiger partial charge in [-0.25, -0.2) is 0 Å². The Morgan fingerprint density at radius 2 is 0.833 bits per heavy atom. The molecule has 0 saturated carbocycles. The summed E-state index contributed by atoms with van der Waals surface area (Å²) < 4.78 is 10.6. The fraction of sp³-hybridized carbons (Fsp3) is 0.814. The van der Waals surface area contributed by atoms with E-state index in [-0.39, 0.29) is 25.2 Å². The molecule has 0 amide bonds. The third kappa shape index (κ3) is 36.9. The van der Waals surface area contributed by atoms with E-state index < -0.39 is 6.10 Å². The Balaban J connectivity index is 3.56. The second-order valence-corrected chi connectivity index (χ2v) is 13.7. The highest BCUT2D eigenvalue weighted by Crippen LogP contribution is 2.13. The molecule has 0 heterocycles. The van der Waals surface area contributed by atoms with Gasteiger partial charge in [-0.15, -0.1) is 0 Å². The number of hydrogen-bond donors (Lipinski definition) is 1. The molecule has 0 unspecified atom stereocenters. The Hall–Kier alpha value is -1.88. The van der Waals surface area contributed by atoms with E-state index in [0.29, 0.717) is 12.8 Å². The Kier molecular flexibility index (Phi) is 38.0. The highest BCUT2D eigenvalue weighted by Gasteiger charge is 2.16. The van der Waals surface area contributed by atoms with E-state index in [1.54, 1.807) is 0 Å². The average Bonchev–Trinajstić information content (AvgIpc) is 3.09. The lowest BCUT2D eigenvalue weighted by Gasteiger charge is -2.15. The highest BCUT2D eigenvalue weighted by atomic mass is 16.6. The summed E-state index contributed by atoms with van der Waals surface area (Å²) >= 11 is 0. The highest BCUT2D eigenvalue weighted by molar-refractivity contribution is 5.70. The van der Waals surface area contributed by atoms with Crippen LogP contribution >= 0.6 is 0 Å². The second-order valence-electron chi connectivity index (χ2n) is 13.7. The maximum Gasteiger partial charge on any atom is 0.306 e. The number of esters is 2. The summed E-state index contributed by atoms with van der Waals surface area (Å²) in [7, 11) is 0. The zero-order valence-corrected chi connectivity index (χ0v) is 31.7. The van der Waals surface area contributed by atoms with Crippen LogP contribution in [-0.4, -0.2) is 36.4 Å². The molecule has 280 valence electrons. The molecule has 0 aromatic rings. The zero-order valence-electron chi connectivity index (χ0n) is 31.7. The number of carbonyl (C=O) groups excluding carboxylic acids is 2. The lowest BCUT2D eigenvalue weighted by Crippen LogP contribution is -2.28. The molecular formula is C43H78O5. The molecule has 1 N–H and O–H groups in total. The van der Waals surface area contributed by atoms with Gasteiger partial charge >= 0.3 is 11.9 Å². The molecule has 48 heavy (non-hydrogen) atoms. The number of carbonyl (C=O) groups is 2. The van der Waals surface area contributed by atoms with Crippen molar-refractivity contribution in [3.8, 4) is 0 Å². The Labute approximate surface area is 297 Å². The van der Waals surface area contributed by atoms with Gasteiger partial charge in [-0.2, -0.15) is 0 Å². The fourth-order valence-electron chi connectivity index (χ4n) is 5.75. The third-order valence-electron chi connectivity index (χ3n) is 8.91. The minimum absolute atomic E-state index is 0.0704. The molecule has 0 saturated heterocycles. The van der Waals surface area contributed by atoms with Gasteiger partial charge in [0, 0.05) is 12.8 Å². The quantitative estimate of drug-likeness (QED) is 0.0403. The SMILES string of the molecule is CCCCCC=CCC=CCCCCCCCCCC(=O)OC[C@H](CO)OC(=O)CCCCCCCCCC=CCCCCCCCC. The molecule has 0 aliphatic carbocycles. The monoisotopic (exact) mass is 675 g/mol. The first-order valence-electron chi connectivity index (χ1n) is 20.5. The van der Waals surface area contributed by atoms with Gasteiger partial charge in [0.1, 0.15) is 6.61 Å². The normalized spacial score (nSPS) is 12.5. The summed E-state index contributed by atoms with van der Waals surface area (Å²) in [4.78, 5) is 24.3. The van der Waals surface area contributed by atoms with Crippen LogP contribution in [0.25, 0.3) is 0 Å². The maximum absolute atomic E-state index is 12.2. The molecule has 0 aromatic carbocycles. The van der Waals surface area contributed by atoms with Crippen LogP contribution in [0.2, 0.25) is 0 Å². The summed E-state index contributed by atoms with van der Waals surface area (Å²) in [6, 6.07) is 0. The number of aliphatic hydroxyl groups excluding tert-OH is 1. The van der Waals surface area contributed by atoms with Crippen molar-refractivity contribution in [3.05, 3.63) is 36.5 Å². The molecule has 5 nitrogen and oxygen atoms in total. The minimum Gasteiger partial charge on any atom is -0.462 e. The van der Waals surface area contributed by atoms with Gasteiger partial charge in [0.15, 0.2) is 6.10 Å². The second kappa shape index (κ2) is 39.6. The molecule has 0 aliphatic heterocycles. The molecule has 1 atom stereocenters. The molecular weight excluding hydrogens is 596 g/mol. The van der Waals surface area contributed by atoms with Crippen LogP contribution in [0.15, 0.2) is 36.5 Å². The lowest BCUT2D eigenvalue weighted by molar-refractivity contribution is -0.161. The third-order valence-corrected chi connectivity index (χ3v) is 8.91. The summed E-state index contributed by atoms with van der Waals surface area (Å²) in [5.74, 6) is -0.601. The van der Waals surface area contributed by atoms with Crippen LogP contribution in [0, 0.1) is 0 Å². The Bertz CT molecular complexity index is 771. The van der Waals surface area contributed by atoms with Gasteiger partial charge in [0.25, 0.3) is 0 Å². The minimum atomic E-state index is -0.775. The first-order chi connectivity index (χ1) is 23.6. The average molecular weight is 675 g/mol. The number of ether oxygens (including phenoxy) is 2. The van der Waals surface area contributed by atoms with Crippen molar-refractivity contribution in [1.29, 1.82) is 0 Å². The van der Waals surface area contributed by atoms with E-state index in [2.05, 4.69) is 50.3 Å². The molecule has 0 fully saturated rings. The van der Waals surface area contributed by atoms with Gasteiger partial charge in [0.2, 0.25) is 0 Å². The van der Waals surface area contributed by atoms with Crippen molar-refractivity contribution in [3.63, 3.8) is 0 Å². The number of allylic oxidation sites excluding steroid dienone is 6. The molecule has 5 heteroatoms. The number of rotatable bonds is 37.